The fourth-order valence-corrected chi connectivity index (χ4v) is 5.88. The van der Waals surface area contributed by atoms with Gasteiger partial charge in [-0.3, -0.25) is 4.79 Å². The number of aryl methyl sites for hydroxylation is 4. The summed E-state index contributed by atoms with van der Waals surface area (Å²) in [5, 5.41) is 3.04. The number of nitrogens with one attached hydrogen (secondary N) is 1. The van der Waals surface area contributed by atoms with Crippen LogP contribution < -0.4 is 5.32 Å². The van der Waals surface area contributed by atoms with Gasteiger partial charge in [-0.05, 0) is 49.6 Å². The Hall–Kier alpha value is -2.75. The molecular formula is C26H34N4O4S. The summed E-state index contributed by atoms with van der Waals surface area (Å²) in [5.74, 6) is 0.734. The number of fused-ring (bicyclic) bond motifs is 1. The second-order valence-electron chi connectivity index (χ2n) is 9.02. The SMILES string of the molecule is CCCCn1c(CCC(=O)Nc2c(C)cccc2C)nc2cc(S(=O)(=O)N3CCOCC3)ccc21. The maximum absolute atomic E-state index is 13.1. The molecule has 1 N–H and O–H groups in total. The third-order valence-electron chi connectivity index (χ3n) is 6.46. The molecule has 0 radical (unpaired) electrons. The zero-order chi connectivity index (χ0) is 25.0. The Bertz CT molecular complexity index is 1290. The zero-order valence-electron chi connectivity index (χ0n) is 20.7. The number of carbonyl (C=O) groups excluding carboxylic acids is 1. The molecule has 1 aliphatic heterocycles. The second-order valence-corrected chi connectivity index (χ2v) is 11.0. The lowest BCUT2D eigenvalue weighted by Gasteiger charge is -2.26. The molecule has 4 rings (SSSR count). The summed E-state index contributed by atoms with van der Waals surface area (Å²) in [6, 6.07) is 11.1. The summed E-state index contributed by atoms with van der Waals surface area (Å²) >= 11 is 0. The molecule has 0 unspecified atom stereocenters. The van der Waals surface area contributed by atoms with Crippen molar-refractivity contribution in [2.24, 2.45) is 0 Å². The van der Waals surface area contributed by atoms with Crippen LogP contribution in [0.5, 0.6) is 0 Å². The van der Waals surface area contributed by atoms with Gasteiger partial charge in [-0.25, -0.2) is 13.4 Å². The molecule has 1 amide bonds. The van der Waals surface area contributed by atoms with Crippen molar-refractivity contribution in [2.45, 2.75) is 57.9 Å². The minimum atomic E-state index is -3.60. The number of benzene rings is 2. The van der Waals surface area contributed by atoms with Crippen molar-refractivity contribution >= 4 is 32.7 Å². The summed E-state index contributed by atoms with van der Waals surface area (Å²) in [5.41, 5.74) is 4.45. The van der Waals surface area contributed by atoms with E-state index in [2.05, 4.69) is 16.8 Å². The van der Waals surface area contributed by atoms with E-state index < -0.39 is 10.0 Å². The van der Waals surface area contributed by atoms with E-state index in [0.29, 0.717) is 44.7 Å². The molecular weight excluding hydrogens is 464 g/mol. The van der Waals surface area contributed by atoms with Crippen molar-refractivity contribution in [1.29, 1.82) is 0 Å². The van der Waals surface area contributed by atoms with E-state index in [4.69, 9.17) is 9.72 Å². The molecule has 1 saturated heterocycles. The molecule has 0 saturated carbocycles. The Morgan fingerprint density at radius 3 is 2.51 bits per heavy atom. The van der Waals surface area contributed by atoms with Crippen molar-refractivity contribution in [3.05, 3.63) is 53.3 Å². The van der Waals surface area contributed by atoms with Gasteiger partial charge >= 0.3 is 0 Å². The van der Waals surface area contributed by atoms with Crippen LogP contribution in [0.4, 0.5) is 5.69 Å². The number of anilines is 1. The second kappa shape index (κ2) is 10.9. The normalized spacial score (nSPS) is 14.9. The van der Waals surface area contributed by atoms with Gasteiger partial charge in [0.15, 0.2) is 0 Å². The van der Waals surface area contributed by atoms with Crippen molar-refractivity contribution < 1.29 is 17.9 Å². The summed E-state index contributed by atoms with van der Waals surface area (Å²) in [6.45, 7) is 8.38. The highest BCUT2D eigenvalue weighted by molar-refractivity contribution is 7.89. The third kappa shape index (κ3) is 5.58. The largest absolute Gasteiger partial charge is 0.379 e. The van der Waals surface area contributed by atoms with E-state index in [9.17, 15) is 13.2 Å². The van der Waals surface area contributed by atoms with Crippen LogP contribution in [0, 0.1) is 13.8 Å². The number of sulfonamides is 1. The molecule has 0 aliphatic carbocycles. The molecule has 9 heteroatoms. The number of nitrogens with zero attached hydrogens (tertiary/aromatic N) is 3. The van der Waals surface area contributed by atoms with Gasteiger partial charge in [0.2, 0.25) is 15.9 Å². The predicted molar refractivity (Wildman–Crippen MR) is 137 cm³/mol. The Labute approximate surface area is 207 Å². The van der Waals surface area contributed by atoms with Crippen LogP contribution in [0.15, 0.2) is 41.3 Å². The monoisotopic (exact) mass is 498 g/mol. The average molecular weight is 499 g/mol. The highest BCUT2D eigenvalue weighted by Crippen LogP contribution is 2.25. The lowest BCUT2D eigenvalue weighted by Crippen LogP contribution is -2.40. The van der Waals surface area contributed by atoms with Gasteiger partial charge < -0.3 is 14.6 Å². The lowest BCUT2D eigenvalue weighted by molar-refractivity contribution is -0.116. The summed E-state index contributed by atoms with van der Waals surface area (Å²) in [7, 11) is -3.60. The summed E-state index contributed by atoms with van der Waals surface area (Å²) in [4.78, 5) is 17.8. The Morgan fingerprint density at radius 1 is 1.11 bits per heavy atom. The quantitative estimate of drug-likeness (QED) is 0.481. The van der Waals surface area contributed by atoms with E-state index in [1.165, 1.54) is 4.31 Å². The zero-order valence-corrected chi connectivity index (χ0v) is 21.5. The topological polar surface area (TPSA) is 93.5 Å². The van der Waals surface area contributed by atoms with Gasteiger partial charge in [-0.1, -0.05) is 31.5 Å². The first-order chi connectivity index (χ1) is 16.8. The van der Waals surface area contributed by atoms with E-state index in [0.717, 1.165) is 47.5 Å². The number of rotatable bonds is 9. The van der Waals surface area contributed by atoms with Crippen LogP contribution in [-0.4, -0.2) is 54.5 Å². The highest BCUT2D eigenvalue weighted by atomic mass is 32.2. The maximum atomic E-state index is 13.1. The van der Waals surface area contributed by atoms with Crippen molar-refractivity contribution in [3.63, 3.8) is 0 Å². The maximum Gasteiger partial charge on any atom is 0.243 e. The van der Waals surface area contributed by atoms with Crippen LogP contribution in [0.25, 0.3) is 11.0 Å². The Balaban J connectivity index is 1.57. The molecule has 0 bridgehead atoms. The summed E-state index contributed by atoms with van der Waals surface area (Å²) < 4.78 is 35.1. The molecule has 188 valence electrons. The van der Waals surface area contributed by atoms with Gasteiger partial charge in [0, 0.05) is 38.2 Å². The molecule has 3 aromatic rings. The number of hydrogen-bond acceptors (Lipinski definition) is 5. The Morgan fingerprint density at radius 2 is 1.83 bits per heavy atom. The lowest BCUT2D eigenvalue weighted by atomic mass is 10.1. The molecule has 2 heterocycles. The molecule has 0 atom stereocenters. The number of unbranched alkanes of at least 4 members (excludes halogenated alkanes) is 1. The number of carbonyl (C=O) groups is 1. The van der Waals surface area contributed by atoms with Crippen LogP contribution >= 0.6 is 0 Å². The Kier molecular flexibility index (Phi) is 7.88. The minimum Gasteiger partial charge on any atom is -0.379 e. The predicted octanol–water partition coefficient (Wildman–Crippen LogP) is 4.05. The van der Waals surface area contributed by atoms with Crippen molar-refractivity contribution in [3.8, 4) is 0 Å². The van der Waals surface area contributed by atoms with Gasteiger partial charge in [0.05, 0.1) is 29.1 Å². The van der Waals surface area contributed by atoms with Crippen molar-refractivity contribution in [2.75, 3.05) is 31.6 Å². The molecule has 35 heavy (non-hydrogen) atoms. The molecule has 1 aromatic heterocycles. The van der Waals surface area contributed by atoms with Crippen molar-refractivity contribution in [1.82, 2.24) is 13.9 Å². The number of hydrogen-bond donors (Lipinski definition) is 1. The fourth-order valence-electron chi connectivity index (χ4n) is 4.45. The van der Waals surface area contributed by atoms with Crippen LogP contribution in [0.1, 0.15) is 43.1 Å². The number of aromatic nitrogens is 2. The summed E-state index contributed by atoms with van der Waals surface area (Å²) in [6.07, 6.45) is 2.76. The van der Waals surface area contributed by atoms with E-state index >= 15 is 0 Å². The first-order valence-corrected chi connectivity index (χ1v) is 13.7. The van der Waals surface area contributed by atoms with Crippen LogP contribution in [0.3, 0.4) is 0 Å². The molecule has 1 fully saturated rings. The van der Waals surface area contributed by atoms with E-state index in [-0.39, 0.29) is 10.8 Å². The molecule has 8 nitrogen and oxygen atoms in total. The van der Waals surface area contributed by atoms with E-state index in [1.54, 1.807) is 12.1 Å². The van der Waals surface area contributed by atoms with Gasteiger partial charge in [0.25, 0.3) is 0 Å². The number of para-hydroxylation sites is 1. The number of morpholine rings is 1. The van der Waals surface area contributed by atoms with Gasteiger partial charge in [-0.15, -0.1) is 0 Å². The van der Waals surface area contributed by atoms with Gasteiger partial charge in [0.1, 0.15) is 5.82 Å². The molecule has 1 aliphatic rings. The number of imidazole rings is 1. The highest BCUT2D eigenvalue weighted by Gasteiger charge is 2.27. The smallest absolute Gasteiger partial charge is 0.243 e. The van der Waals surface area contributed by atoms with Crippen LogP contribution in [-0.2, 0) is 32.5 Å². The van der Waals surface area contributed by atoms with Gasteiger partial charge in [-0.2, -0.15) is 4.31 Å². The third-order valence-corrected chi connectivity index (χ3v) is 8.36. The number of amides is 1. The minimum absolute atomic E-state index is 0.0629. The van der Waals surface area contributed by atoms with E-state index in [1.807, 2.05) is 38.1 Å². The first kappa shape index (κ1) is 25.3. The molecule has 0 spiro atoms. The average Bonchev–Trinajstić information content (AvgIpc) is 3.21. The molecule has 2 aromatic carbocycles. The fraction of sp³-hybridized carbons (Fsp3) is 0.462. The first-order valence-electron chi connectivity index (χ1n) is 12.2. The standard InChI is InChI=1S/C26H34N4O4S/c1-4-5-13-30-23-10-9-21(35(32,33)29-14-16-34-17-15-29)18-22(23)27-24(30)11-12-25(31)28-26-19(2)7-6-8-20(26)3/h6-10,18H,4-5,11-17H2,1-3H3,(H,28,31). The van der Waals surface area contributed by atoms with Crippen LogP contribution in [0.2, 0.25) is 0 Å². The number of ether oxygens (including phenoxy) is 1.